The van der Waals surface area contributed by atoms with Gasteiger partial charge in [0.1, 0.15) is 6.04 Å². The summed E-state index contributed by atoms with van der Waals surface area (Å²) in [6, 6.07) is 3.73. The van der Waals surface area contributed by atoms with Crippen molar-refractivity contribution >= 4 is 5.97 Å². The number of hydrogen-bond acceptors (Lipinski definition) is 3. The molecule has 0 radical (unpaired) electrons. The number of carboxylic acids is 1. The molecule has 1 heterocycles. The normalized spacial score (nSPS) is 21.6. The summed E-state index contributed by atoms with van der Waals surface area (Å²) in [6.07, 6.45) is -3.39. The highest BCUT2D eigenvalue weighted by Crippen LogP contribution is 2.31. The van der Waals surface area contributed by atoms with Crippen LogP contribution in [0.4, 0.5) is 13.2 Å². The molecule has 2 rings (SSSR count). The highest BCUT2D eigenvalue weighted by Gasteiger charge is 2.34. The van der Waals surface area contributed by atoms with Crippen LogP contribution in [0.2, 0.25) is 0 Å². The molecule has 2 atom stereocenters. The Labute approximate surface area is 139 Å². The molecule has 2 unspecified atom stereocenters. The number of rotatable bonds is 5. The monoisotopic (exact) mass is 344 g/mol. The van der Waals surface area contributed by atoms with E-state index < -0.39 is 23.8 Å². The van der Waals surface area contributed by atoms with Crippen molar-refractivity contribution in [2.45, 2.75) is 38.5 Å². The summed E-state index contributed by atoms with van der Waals surface area (Å²) in [5, 5.41) is 9.59. The fourth-order valence-corrected chi connectivity index (χ4v) is 3.24. The van der Waals surface area contributed by atoms with E-state index in [4.69, 9.17) is 0 Å². The molecular weight excluding hydrogens is 321 g/mol. The lowest BCUT2D eigenvalue weighted by molar-refractivity contribution is -0.144. The van der Waals surface area contributed by atoms with Crippen LogP contribution in [0.1, 0.15) is 37.4 Å². The first-order valence-corrected chi connectivity index (χ1v) is 8.12. The fraction of sp³-hybridized carbons (Fsp3) is 0.588. The van der Waals surface area contributed by atoms with Crippen molar-refractivity contribution < 1.29 is 23.1 Å². The van der Waals surface area contributed by atoms with Crippen LogP contribution >= 0.6 is 0 Å². The van der Waals surface area contributed by atoms with E-state index in [-0.39, 0.29) is 6.04 Å². The van der Waals surface area contributed by atoms with Gasteiger partial charge in [-0.15, -0.1) is 0 Å². The number of benzene rings is 1. The van der Waals surface area contributed by atoms with Gasteiger partial charge in [0.15, 0.2) is 0 Å². The summed E-state index contributed by atoms with van der Waals surface area (Å²) >= 11 is 0. The maximum atomic E-state index is 12.7. The standard InChI is InChI=1S/C17H23F3N2O2/c1-3-8-21-9-10-22(11-12(21)2)15(16(23)24)13-4-6-14(7-5-13)17(18,19)20/h4-7,12,15H,3,8-11H2,1-2H3,(H,23,24). The molecule has 1 aliphatic heterocycles. The van der Waals surface area contributed by atoms with Gasteiger partial charge >= 0.3 is 12.1 Å². The number of alkyl halides is 3. The molecule has 0 saturated carbocycles. The third-order valence-corrected chi connectivity index (χ3v) is 4.46. The number of aliphatic carboxylic acids is 1. The largest absolute Gasteiger partial charge is 0.480 e. The molecule has 1 aliphatic rings. The number of hydrogen-bond donors (Lipinski definition) is 1. The lowest BCUT2D eigenvalue weighted by Gasteiger charge is -2.42. The number of carboxylic acid groups (broad SMARTS) is 1. The van der Waals surface area contributed by atoms with Gasteiger partial charge in [0, 0.05) is 25.7 Å². The second-order valence-corrected chi connectivity index (χ2v) is 6.24. The minimum Gasteiger partial charge on any atom is -0.480 e. The zero-order valence-electron chi connectivity index (χ0n) is 13.9. The van der Waals surface area contributed by atoms with Crippen molar-refractivity contribution in [3.63, 3.8) is 0 Å². The van der Waals surface area contributed by atoms with Crippen molar-refractivity contribution in [3.05, 3.63) is 35.4 Å². The molecule has 0 amide bonds. The van der Waals surface area contributed by atoms with Crippen molar-refractivity contribution in [2.24, 2.45) is 0 Å². The Morgan fingerprint density at radius 2 is 1.92 bits per heavy atom. The van der Waals surface area contributed by atoms with Crippen LogP contribution in [0.3, 0.4) is 0 Å². The van der Waals surface area contributed by atoms with Crippen LogP contribution in [0.25, 0.3) is 0 Å². The molecular formula is C17H23F3N2O2. The molecule has 1 fully saturated rings. The number of nitrogens with zero attached hydrogens (tertiary/aromatic N) is 2. The zero-order valence-corrected chi connectivity index (χ0v) is 13.9. The maximum Gasteiger partial charge on any atom is 0.416 e. The van der Waals surface area contributed by atoms with Gasteiger partial charge in [-0.3, -0.25) is 14.6 Å². The van der Waals surface area contributed by atoms with E-state index in [1.54, 1.807) is 0 Å². The molecule has 7 heteroatoms. The van der Waals surface area contributed by atoms with E-state index in [1.807, 2.05) is 11.8 Å². The van der Waals surface area contributed by atoms with Gasteiger partial charge in [-0.25, -0.2) is 0 Å². The van der Waals surface area contributed by atoms with Crippen molar-refractivity contribution in [3.8, 4) is 0 Å². The molecule has 0 spiro atoms. The van der Waals surface area contributed by atoms with E-state index in [0.717, 1.165) is 31.6 Å². The van der Waals surface area contributed by atoms with Crippen LogP contribution in [0.15, 0.2) is 24.3 Å². The van der Waals surface area contributed by atoms with E-state index in [2.05, 4.69) is 11.8 Å². The third kappa shape index (κ3) is 4.27. The SMILES string of the molecule is CCCN1CCN(C(C(=O)O)c2ccc(C(F)(F)F)cc2)CC1C. The van der Waals surface area contributed by atoms with Gasteiger partial charge in [0.05, 0.1) is 5.56 Å². The predicted molar refractivity (Wildman–Crippen MR) is 84.7 cm³/mol. The molecule has 1 aromatic carbocycles. The smallest absolute Gasteiger partial charge is 0.416 e. The lowest BCUT2D eigenvalue weighted by atomic mass is 10.0. The minimum atomic E-state index is -4.42. The molecule has 0 aromatic heterocycles. The molecule has 134 valence electrons. The van der Waals surface area contributed by atoms with Crippen molar-refractivity contribution in [2.75, 3.05) is 26.2 Å². The number of halogens is 3. The van der Waals surface area contributed by atoms with Gasteiger partial charge in [0.2, 0.25) is 0 Å². The molecule has 4 nitrogen and oxygen atoms in total. The first-order valence-electron chi connectivity index (χ1n) is 8.12. The van der Waals surface area contributed by atoms with E-state index in [1.165, 1.54) is 12.1 Å². The van der Waals surface area contributed by atoms with Crippen molar-refractivity contribution in [1.82, 2.24) is 9.80 Å². The van der Waals surface area contributed by atoms with E-state index in [9.17, 15) is 23.1 Å². The minimum absolute atomic E-state index is 0.218. The third-order valence-electron chi connectivity index (χ3n) is 4.46. The summed E-state index contributed by atoms with van der Waals surface area (Å²) in [5.41, 5.74) is -0.386. The number of piperazine rings is 1. The van der Waals surface area contributed by atoms with E-state index >= 15 is 0 Å². The Morgan fingerprint density at radius 3 is 2.38 bits per heavy atom. The first-order chi connectivity index (χ1) is 11.2. The highest BCUT2D eigenvalue weighted by atomic mass is 19.4. The Kier molecular flexibility index (Phi) is 5.87. The van der Waals surface area contributed by atoms with Gasteiger partial charge < -0.3 is 5.11 Å². The van der Waals surface area contributed by atoms with Gasteiger partial charge in [0.25, 0.3) is 0 Å². The average Bonchev–Trinajstić information content (AvgIpc) is 2.49. The lowest BCUT2D eigenvalue weighted by Crippen LogP contribution is -2.53. The molecule has 1 saturated heterocycles. The average molecular weight is 344 g/mol. The molecule has 0 bridgehead atoms. The summed E-state index contributed by atoms with van der Waals surface area (Å²) in [6.45, 7) is 7.04. The van der Waals surface area contributed by atoms with Crippen LogP contribution in [-0.4, -0.2) is 53.1 Å². The highest BCUT2D eigenvalue weighted by molar-refractivity contribution is 5.75. The number of carbonyl (C=O) groups is 1. The topological polar surface area (TPSA) is 43.8 Å². The summed E-state index contributed by atoms with van der Waals surface area (Å²) < 4.78 is 38.0. The Hall–Kier alpha value is -1.60. The van der Waals surface area contributed by atoms with Crippen molar-refractivity contribution in [1.29, 1.82) is 0 Å². The second-order valence-electron chi connectivity index (χ2n) is 6.24. The molecule has 1 N–H and O–H groups in total. The van der Waals surface area contributed by atoms with Crippen LogP contribution < -0.4 is 0 Å². The summed E-state index contributed by atoms with van der Waals surface area (Å²) in [5.74, 6) is -1.04. The Balaban J connectivity index is 2.17. The predicted octanol–water partition coefficient (Wildman–Crippen LogP) is 3.25. The molecule has 0 aliphatic carbocycles. The first kappa shape index (κ1) is 18.7. The second kappa shape index (κ2) is 7.53. The van der Waals surface area contributed by atoms with Gasteiger partial charge in [-0.1, -0.05) is 19.1 Å². The maximum absolute atomic E-state index is 12.7. The van der Waals surface area contributed by atoms with Crippen LogP contribution in [0, 0.1) is 0 Å². The van der Waals surface area contributed by atoms with Gasteiger partial charge in [-0.2, -0.15) is 13.2 Å². The van der Waals surface area contributed by atoms with Crippen LogP contribution in [-0.2, 0) is 11.0 Å². The summed E-state index contributed by atoms with van der Waals surface area (Å²) in [4.78, 5) is 15.9. The quantitative estimate of drug-likeness (QED) is 0.891. The van der Waals surface area contributed by atoms with Gasteiger partial charge in [-0.05, 0) is 37.6 Å². The Bertz CT molecular complexity index is 560. The molecule has 1 aromatic rings. The molecule has 24 heavy (non-hydrogen) atoms. The fourth-order valence-electron chi connectivity index (χ4n) is 3.24. The van der Waals surface area contributed by atoms with E-state index in [0.29, 0.717) is 18.7 Å². The summed E-state index contributed by atoms with van der Waals surface area (Å²) in [7, 11) is 0. The Morgan fingerprint density at radius 1 is 1.29 bits per heavy atom. The zero-order chi connectivity index (χ0) is 17.9. The van der Waals surface area contributed by atoms with Crippen LogP contribution in [0.5, 0.6) is 0 Å².